The number of nitrogens with one attached hydrogen (secondary N) is 2. The topological polar surface area (TPSA) is 84.5 Å². The van der Waals surface area contributed by atoms with Gasteiger partial charge in [-0.25, -0.2) is 4.79 Å². The highest BCUT2D eigenvalue weighted by Gasteiger charge is 2.12. The zero-order valence-corrected chi connectivity index (χ0v) is 16.5. The molecule has 0 aliphatic heterocycles. The molecule has 0 radical (unpaired) electrons. The maximum atomic E-state index is 12.2. The van der Waals surface area contributed by atoms with Crippen LogP contribution in [0.1, 0.15) is 24.9 Å². The van der Waals surface area contributed by atoms with Crippen LogP contribution in [0.2, 0.25) is 0 Å². The van der Waals surface area contributed by atoms with Crippen molar-refractivity contribution in [3.8, 4) is 0 Å². The molecule has 3 aromatic rings. The van der Waals surface area contributed by atoms with E-state index >= 15 is 0 Å². The van der Waals surface area contributed by atoms with Gasteiger partial charge in [-0.2, -0.15) is 0 Å². The first-order valence-electron chi connectivity index (χ1n) is 8.53. The summed E-state index contributed by atoms with van der Waals surface area (Å²) in [6.07, 6.45) is 0.739. The van der Waals surface area contributed by atoms with Crippen LogP contribution in [-0.4, -0.2) is 30.9 Å². The number of carbonyl (C=O) groups excluding carboxylic acids is 3. The summed E-state index contributed by atoms with van der Waals surface area (Å²) in [7, 11) is 0. The van der Waals surface area contributed by atoms with Crippen molar-refractivity contribution in [3.05, 3.63) is 74.6 Å². The molecular formula is C20H18N2O4S2. The molecule has 2 aromatic heterocycles. The molecule has 144 valence electrons. The summed E-state index contributed by atoms with van der Waals surface area (Å²) in [5, 5.41) is 9.24. The Bertz CT molecular complexity index is 937. The molecule has 0 aliphatic rings. The van der Waals surface area contributed by atoms with E-state index in [1.165, 1.54) is 22.3 Å². The highest BCUT2D eigenvalue weighted by atomic mass is 32.1. The summed E-state index contributed by atoms with van der Waals surface area (Å²) in [6, 6.07) is 13.9. The van der Waals surface area contributed by atoms with Crippen LogP contribution in [0.25, 0.3) is 0 Å². The first-order chi connectivity index (χ1) is 13.6. The normalized spacial score (nSPS) is 10.3. The standard InChI is InChI=1S/C20H18N2O4S2/c23-18(21-9-8-16-6-2-10-27-16)13-26-20(25)14-4-1-5-15(12-14)22-19(24)17-7-3-11-28-17/h1-7,10-12H,8-9,13H2,(H,21,23)(H,22,24). The van der Waals surface area contributed by atoms with Gasteiger partial charge in [-0.05, 0) is 47.5 Å². The van der Waals surface area contributed by atoms with Gasteiger partial charge in [-0.1, -0.05) is 18.2 Å². The largest absolute Gasteiger partial charge is 0.452 e. The minimum atomic E-state index is -0.624. The Labute approximate surface area is 170 Å². The molecule has 2 N–H and O–H groups in total. The summed E-state index contributed by atoms with van der Waals surface area (Å²) >= 11 is 2.96. The van der Waals surface area contributed by atoms with Crippen molar-refractivity contribution in [1.29, 1.82) is 0 Å². The van der Waals surface area contributed by atoms with E-state index in [1.807, 2.05) is 22.9 Å². The van der Waals surface area contributed by atoms with E-state index < -0.39 is 5.97 Å². The van der Waals surface area contributed by atoms with Crippen LogP contribution in [0.3, 0.4) is 0 Å². The highest BCUT2D eigenvalue weighted by molar-refractivity contribution is 7.12. The monoisotopic (exact) mass is 414 g/mol. The van der Waals surface area contributed by atoms with Crippen LogP contribution in [0.4, 0.5) is 5.69 Å². The number of esters is 1. The minimum absolute atomic E-state index is 0.245. The molecule has 2 amide bonds. The third-order valence-electron chi connectivity index (χ3n) is 3.71. The fourth-order valence-corrected chi connectivity index (χ4v) is 3.70. The summed E-state index contributed by atoms with van der Waals surface area (Å²) in [5.74, 6) is -1.22. The SMILES string of the molecule is O=C(COC(=O)c1cccc(NC(=O)c2cccs2)c1)NCCc1cccs1. The molecule has 0 fully saturated rings. The number of hydrogen-bond acceptors (Lipinski definition) is 6. The molecule has 0 bridgehead atoms. The van der Waals surface area contributed by atoms with Crippen LogP contribution in [0.15, 0.2) is 59.3 Å². The first kappa shape index (κ1) is 19.8. The molecule has 6 nitrogen and oxygen atoms in total. The molecule has 0 aliphatic carbocycles. The van der Waals surface area contributed by atoms with Gasteiger partial charge in [0.15, 0.2) is 6.61 Å². The number of amides is 2. The molecule has 2 heterocycles. The fraction of sp³-hybridized carbons (Fsp3) is 0.150. The van der Waals surface area contributed by atoms with Crippen LogP contribution in [-0.2, 0) is 16.0 Å². The molecule has 0 saturated carbocycles. The number of benzene rings is 1. The molecule has 0 unspecified atom stereocenters. The molecule has 8 heteroatoms. The smallest absolute Gasteiger partial charge is 0.338 e. The van der Waals surface area contributed by atoms with Gasteiger partial charge in [0.1, 0.15) is 0 Å². The lowest BCUT2D eigenvalue weighted by molar-refractivity contribution is -0.124. The Morgan fingerprint density at radius 1 is 0.964 bits per heavy atom. The Morgan fingerprint density at radius 3 is 2.54 bits per heavy atom. The zero-order valence-electron chi connectivity index (χ0n) is 14.8. The van der Waals surface area contributed by atoms with Gasteiger partial charge in [0, 0.05) is 17.1 Å². The average molecular weight is 415 g/mol. The van der Waals surface area contributed by atoms with E-state index in [9.17, 15) is 14.4 Å². The Hall–Kier alpha value is -2.97. The maximum absolute atomic E-state index is 12.2. The van der Waals surface area contributed by atoms with Gasteiger partial charge in [-0.3, -0.25) is 9.59 Å². The first-order valence-corrected chi connectivity index (χ1v) is 10.3. The van der Waals surface area contributed by atoms with E-state index in [4.69, 9.17) is 4.74 Å². The molecule has 0 saturated heterocycles. The van der Waals surface area contributed by atoms with E-state index in [2.05, 4.69) is 10.6 Å². The van der Waals surface area contributed by atoms with E-state index in [-0.39, 0.29) is 24.0 Å². The fourth-order valence-electron chi connectivity index (χ4n) is 2.37. The third-order valence-corrected chi connectivity index (χ3v) is 5.51. The van der Waals surface area contributed by atoms with Gasteiger partial charge in [-0.15, -0.1) is 22.7 Å². The van der Waals surface area contributed by atoms with Crippen molar-refractivity contribution in [2.24, 2.45) is 0 Å². The highest BCUT2D eigenvalue weighted by Crippen LogP contribution is 2.15. The molecule has 0 atom stereocenters. The second-order valence-corrected chi connectivity index (χ2v) is 7.75. The van der Waals surface area contributed by atoms with Crippen molar-refractivity contribution in [2.75, 3.05) is 18.5 Å². The minimum Gasteiger partial charge on any atom is -0.452 e. The van der Waals surface area contributed by atoms with Crippen molar-refractivity contribution in [3.63, 3.8) is 0 Å². The number of thiophene rings is 2. The maximum Gasteiger partial charge on any atom is 0.338 e. The average Bonchev–Trinajstić information content (AvgIpc) is 3.40. The summed E-state index contributed by atoms with van der Waals surface area (Å²) in [4.78, 5) is 37.8. The van der Waals surface area contributed by atoms with Crippen LogP contribution in [0, 0.1) is 0 Å². The predicted molar refractivity (Wildman–Crippen MR) is 110 cm³/mol. The predicted octanol–water partition coefficient (Wildman–Crippen LogP) is 3.58. The summed E-state index contributed by atoms with van der Waals surface area (Å²) in [5.41, 5.74) is 0.739. The number of rotatable bonds is 8. The Kier molecular flexibility index (Phi) is 6.94. The van der Waals surface area contributed by atoms with Crippen molar-refractivity contribution < 1.29 is 19.1 Å². The summed E-state index contributed by atoms with van der Waals surface area (Å²) in [6.45, 7) is 0.135. The lowest BCUT2D eigenvalue weighted by Gasteiger charge is -2.08. The van der Waals surface area contributed by atoms with E-state index in [1.54, 1.807) is 41.7 Å². The molecule has 1 aromatic carbocycles. The van der Waals surface area contributed by atoms with E-state index in [0.717, 1.165) is 6.42 Å². The number of anilines is 1. The molecular weight excluding hydrogens is 396 g/mol. The van der Waals surface area contributed by atoms with Gasteiger partial charge < -0.3 is 15.4 Å². The van der Waals surface area contributed by atoms with Crippen molar-refractivity contribution in [2.45, 2.75) is 6.42 Å². The lowest BCUT2D eigenvalue weighted by Crippen LogP contribution is -2.30. The second kappa shape index (κ2) is 9.82. The molecule has 28 heavy (non-hydrogen) atoms. The van der Waals surface area contributed by atoms with Crippen LogP contribution < -0.4 is 10.6 Å². The number of carbonyl (C=O) groups is 3. The number of ether oxygens (including phenoxy) is 1. The van der Waals surface area contributed by atoms with Gasteiger partial charge in [0.2, 0.25) is 0 Å². The Morgan fingerprint density at radius 2 is 1.79 bits per heavy atom. The van der Waals surface area contributed by atoms with Crippen LogP contribution >= 0.6 is 22.7 Å². The van der Waals surface area contributed by atoms with Crippen LogP contribution in [0.5, 0.6) is 0 Å². The third kappa shape index (κ3) is 5.77. The van der Waals surface area contributed by atoms with E-state index in [0.29, 0.717) is 17.1 Å². The lowest BCUT2D eigenvalue weighted by atomic mass is 10.2. The van der Waals surface area contributed by atoms with Gasteiger partial charge in [0.05, 0.1) is 10.4 Å². The number of hydrogen-bond donors (Lipinski definition) is 2. The van der Waals surface area contributed by atoms with Crippen molar-refractivity contribution in [1.82, 2.24) is 5.32 Å². The quantitative estimate of drug-likeness (QED) is 0.552. The second-order valence-electron chi connectivity index (χ2n) is 5.77. The molecule has 3 rings (SSSR count). The van der Waals surface area contributed by atoms with Crippen molar-refractivity contribution >= 4 is 46.1 Å². The molecule has 0 spiro atoms. The Balaban J connectivity index is 1.46. The van der Waals surface area contributed by atoms with Gasteiger partial charge in [0.25, 0.3) is 11.8 Å². The summed E-state index contributed by atoms with van der Waals surface area (Å²) < 4.78 is 5.05. The zero-order chi connectivity index (χ0) is 19.8. The van der Waals surface area contributed by atoms with Gasteiger partial charge >= 0.3 is 5.97 Å².